The minimum Gasteiger partial charge on any atom is -0.481 e. The molecule has 0 heterocycles. The van der Waals surface area contributed by atoms with Gasteiger partial charge in [-0.15, -0.1) is 0 Å². The SMILES string of the molecule is CC[C@@H](N)[C@H](CC)C(=O)O. The summed E-state index contributed by atoms with van der Waals surface area (Å²) in [6.45, 7) is 3.74. The van der Waals surface area contributed by atoms with E-state index in [4.69, 9.17) is 10.8 Å². The molecule has 0 saturated heterocycles. The van der Waals surface area contributed by atoms with Gasteiger partial charge in [0.25, 0.3) is 0 Å². The van der Waals surface area contributed by atoms with Crippen LogP contribution in [0.3, 0.4) is 0 Å². The van der Waals surface area contributed by atoms with Crippen molar-refractivity contribution in [3.63, 3.8) is 0 Å². The van der Waals surface area contributed by atoms with Crippen LogP contribution >= 0.6 is 0 Å². The van der Waals surface area contributed by atoms with Gasteiger partial charge in [-0.25, -0.2) is 0 Å². The lowest BCUT2D eigenvalue weighted by Gasteiger charge is -2.15. The molecule has 0 bridgehead atoms. The van der Waals surface area contributed by atoms with Gasteiger partial charge in [0.15, 0.2) is 0 Å². The van der Waals surface area contributed by atoms with Gasteiger partial charge in [-0.3, -0.25) is 4.79 Å². The predicted octanol–water partition coefficient (Wildman–Crippen LogP) is 0.834. The number of hydrogen-bond acceptors (Lipinski definition) is 2. The first kappa shape index (κ1) is 9.43. The Morgan fingerprint density at radius 1 is 1.50 bits per heavy atom. The van der Waals surface area contributed by atoms with E-state index in [2.05, 4.69) is 0 Å². The fourth-order valence-corrected chi connectivity index (χ4v) is 0.945. The molecule has 0 aromatic carbocycles. The molecule has 3 heteroatoms. The average Bonchev–Trinajstić information content (AvgIpc) is 1.88. The van der Waals surface area contributed by atoms with Crippen LogP contribution in [0.4, 0.5) is 0 Å². The maximum absolute atomic E-state index is 10.5. The average molecular weight is 145 g/mol. The summed E-state index contributed by atoms with van der Waals surface area (Å²) in [5, 5.41) is 8.59. The summed E-state index contributed by atoms with van der Waals surface area (Å²) < 4.78 is 0. The van der Waals surface area contributed by atoms with Crippen LogP contribution in [0, 0.1) is 5.92 Å². The minimum atomic E-state index is -0.781. The molecule has 2 atom stereocenters. The van der Waals surface area contributed by atoms with Crippen LogP contribution in [-0.4, -0.2) is 17.1 Å². The van der Waals surface area contributed by atoms with Crippen LogP contribution in [0.2, 0.25) is 0 Å². The second-order valence-corrected chi connectivity index (χ2v) is 2.43. The Kier molecular flexibility index (Phi) is 4.03. The molecule has 0 aromatic rings. The number of nitrogens with two attached hydrogens (primary N) is 1. The monoisotopic (exact) mass is 145 g/mol. The molecule has 0 unspecified atom stereocenters. The van der Waals surface area contributed by atoms with Crippen molar-refractivity contribution in [2.45, 2.75) is 32.7 Å². The molecule has 0 saturated carbocycles. The van der Waals surface area contributed by atoms with Crippen molar-refractivity contribution in [3.05, 3.63) is 0 Å². The first-order valence-electron chi connectivity index (χ1n) is 3.61. The molecule has 0 fully saturated rings. The highest BCUT2D eigenvalue weighted by Crippen LogP contribution is 2.09. The lowest BCUT2D eigenvalue weighted by molar-refractivity contribution is -0.142. The van der Waals surface area contributed by atoms with E-state index in [1.807, 2.05) is 13.8 Å². The normalized spacial score (nSPS) is 16.3. The molecule has 0 aliphatic rings. The molecule has 0 aliphatic heterocycles. The zero-order chi connectivity index (χ0) is 8.15. The minimum absolute atomic E-state index is 0.192. The van der Waals surface area contributed by atoms with E-state index in [0.29, 0.717) is 6.42 Å². The van der Waals surface area contributed by atoms with Gasteiger partial charge in [0, 0.05) is 6.04 Å². The maximum Gasteiger partial charge on any atom is 0.308 e. The van der Waals surface area contributed by atoms with Crippen LogP contribution in [0.25, 0.3) is 0 Å². The van der Waals surface area contributed by atoms with E-state index in [1.54, 1.807) is 0 Å². The third kappa shape index (κ3) is 2.35. The Morgan fingerprint density at radius 3 is 2.10 bits per heavy atom. The van der Waals surface area contributed by atoms with Gasteiger partial charge in [-0.05, 0) is 12.8 Å². The van der Waals surface area contributed by atoms with Crippen LogP contribution in [0.5, 0.6) is 0 Å². The van der Waals surface area contributed by atoms with E-state index in [-0.39, 0.29) is 12.0 Å². The molecular weight excluding hydrogens is 130 g/mol. The van der Waals surface area contributed by atoms with Gasteiger partial charge >= 0.3 is 5.97 Å². The summed E-state index contributed by atoms with van der Waals surface area (Å²) in [5.74, 6) is -1.15. The van der Waals surface area contributed by atoms with Crippen LogP contribution in [-0.2, 0) is 4.79 Å². The second kappa shape index (κ2) is 4.28. The first-order valence-corrected chi connectivity index (χ1v) is 3.61. The van der Waals surface area contributed by atoms with Gasteiger partial charge in [-0.1, -0.05) is 13.8 Å². The predicted molar refractivity (Wildman–Crippen MR) is 39.7 cm³/mol. The topological polar surface area (TPSA) is 63.3 Å². The highest BCUT2D eigenvalue weighted by molar-refractivity contribution is 5.70. The summed E-state index contributed by atoms with van der Waals surface area (Å²) in [4.78, 5) is 10.5. The Hall–Kier alpha value is -0.570. The maximum atomic E-state index is 10.5. The smallest absolute Gasteiger partial charge is 0.308 e. The van der Waals surface area contributed by atoms with Crippen molar-refractivity contribution < 1.29 is 9.90 Å². The number of carboxylic acids is 1. The Balaban J connectivity index is 3.92. The lowest BCUT2D eigenvalue weighted by atomic mass is 9.96. The molecule has 3 nitrogen and oxygen atoms in total. The largest absolute Gasteiger partial charge is 0.481 e. The van der Waals surface area contributed by atoms with E-state index in [9.17, 15) is 4.79 Å². The lowest BCUT2D eigenvalue weighted by Crippen LogP contribution is -2.34. The molecule has 60 valence electrons. The molecule has 0 rings (SSSR count). The molecule has 0 radical (unpaired) electrons. The molecule has 0 aromatic heterocycles. The Morgan fingerprint density at radius 2 is 2.00 bits per heavy atom. The van der Waals surface area contributed by atoms with Crippen LogP contribution in [0.1, 0.15) is 26.7 Å². The van der Waals surface area contributed by atoms with Gasteiger partial charge in [0.2, 0.25) is 0 Å². The van der Waals surface area contributed by atoms with Gasteiger partial charge in [0.05, 0.1) is 5.92 Å². The van der Waals surface area contributed by atoms with Crippen LogP contribution in [0.15, 0.2) is 0 Å². The van der Waals surface area contributed by atoms with E-state index in [0.717, 1.165) is 6.42 Å². The number of aliphatic carboxylic acids is 1. The molecule has 3 N–H and O–H groups in total. The zero-order valence-corrected chi connectivity index (χ0v) is 6.50. The highest BCUT2D eigenvalue weighted by atomic mass is 16.4. The zero-order valence-electron chi connectivity index (χ0n) is 6.50. The fourth-order valence-electron chi connectivity index (χ4n) is 0.945. The molecule has 0 amide bonds. The van der Waals surface area contributed by atoms with Crippen molar-refractivity contribution in [2.24, 2.45) is 11.7 Å². The van der Waals surface area contributed by atoms with Gasteiger partial charge < -0.3 is 10.8 Å². The standard InChI is InChI=1S/C7H15NO2/c1-3-5(7(9)10)6(8)4-2/h5-6H,3-4,8H2,1-2H3,(H,9,10)/t5-,6+/m0/s1. The van der Waals surface area contributed by atoms with E-state index in [1.165, 1.54) is 0 Å². The number of rotatable bonds is 4. The summed E-state index contributed by atoms with van der Waals surface area (Å²) in [7, 11) is 0. The van der Waals surface area contributed by atoms with Crippen molar-refractivity contribution >= 4 is 5.97 Å². The van der Waals surface area contributed by atoms with Crippen molar-refractivity contribution in [2.75, 3.05) is 0 Å². The summed E-state index contributed by atoms with van der Waals surface area (Å²) in [6.07, 6.45) is 1.34. The van der Waals surface area contributed by atoms with E-state index < -0.39 is 5.97 Å². The number of carbonyl (C=O) groups is 1. The molecular formula is C7H15NO2. The molecule has 0 spiro atoms. The first-order chi connectivity index (χ1) is 4.63. The summed E-state index contributed by atoms with van der Waals surface area (Å²) in [6, 6.07) is -0.192. The van der Waals surface area contributed by atoms with Crippen molar-refractivity contribution in [1.29, 1.82) is 0 Å². The fraction of sp³-hybridized carbons (Fsp3) is 0.857. The Bertz CT molecular complexity index is 114. The number of carboxylic acid groups (broad SMARTS) is 1. The molecule has 0 aliphatic carbocycles. The third-order valence-corrected chi connectivity index (χ3v) is 1.75. The molecule has 10 heavy (non-hydrogen) atoms. The van der Waals surface area contributed by atoms with Crippen molar-refractivity contribution in [3.8, 4) is 0 Å². The Labute approximate surface area is 61.2 Å². The summed E-state index contributed by atoms with van der Waals surface area (Å²) >= 11 is 0. The van der Waals surface area contributed by atoms with Crippen LogP contribution < -0.4 is 5.73 Å². The third-order valence-electron chi connectivity index (χ3n) is 1.75. The highest BCUT2D eigenvalue weighted by Gasteiger charge is 2.20. The van der Waals surface area contributed by atoms with Gasteiger partial charge in [0.1, 0.15) is 0 Å². The quantitative estimate of drug-likeness (QED) is 0.616. The second-order valence-electron chi connectivity index (χ2n) is 2.43. The van der Waals surface area contributed by atoms with Crippen molar-refractivity contribution in [1.82, 2.24) is 0 Å². The number of hydrogen-bond donors (Lipinski definition) is 2. The van der Waals surface area contributed by atoms with Gasteiger partial charge in [-0.2, -0.15) is 0 Å². The summed E-state index contributed by atoms with van der Waals surface area (Å²) in [5.41, 5.74) is 5.55. The van der Waals surface area contributed by atoms with E-state index >= 15 is 0 Å².